The van der Waals surface area contributed by atoms with Crippen LogP contribution < -0.4 is 0 Å². The molecule has 0 aromatic rings. The molecule has 0 aliphatic heterocycles. The van der Waals surface area contributed by atoms with Crippen LogP contribution in [0.25, 0.3) is 0 Å². The normalized spacial score (nSPS) is 9.00. The number of hydrogen-bond acceptors (Lipinski definition) is 5. The van der Waals surface area contributed by atoms with Crippen LogP contribution in [0.15, 0.2) is 0 Å². The molecule has 0 unspecified atom stereocenters. The van der Waals surface area contributed by atoms with E-state index >= 15 is 0 Å². The molecule has 0 aromatic heterocycles. The second kappa shape index (κ2) is 4.75. The Morgan fingerprint density at radius 3 is 1.00 bits per heavy atom. The average Bonchev–Trinajstić information content (AvgIpc) is 1.36. The number of rotatable bonds is 0. The molecule has 0 aliphatic carbocycles. The molecule has 43 valence electrons. The molecular weight excluding hydrogens is 289 g/mol. The summed E-state index contributed by atoms with van der Waals surface area (Å²) < 4.78 is 8.36. The van der Waals surface area contributed by atoms with E-state index in [0.717, 1.165) is 0 Å². The third-order valence-corrected chi connectivity index (χ3v) is 0. The van der Waals surface area contributed by atoms with Crippen LogP contribution >= 0.6 is 0 Å². The Morgan fingerprint density at radius 1 is 1.00 bits per heavy atom. The Hall–Kier alpha value is 0.597. The van der Waals surface area contributed by atoms with E-state index in [2.05, 4.69) is 0 Å². The molecule has 0 fully saturated rings. The Bertz CT molecular complexity index is 31.8. The number of hydrogen-bond donors (Lipinski definition) is 4. The second-order valence-corrected chi connectivity index (χ2v) is 1.80. The van der Waals surface area contributed by atoms with Crippen LogP contribution in [0.2, 0.25) is 0 Å². The predicted molar refractivity (Wildman–Crippen MR) is 15.3 cm³/mol. The third-order valence-electron chi connectivity index (χ3n) is 0. The van der Waals surface area contributed by atoms with Crippen molar-refractivity contribution < 1.29 is 43.5 Å². The fraction of sp³-hybridized carbons (Fsp3) is 0. The van der Waals surface area contributed by atoms with Crippen LogP contribution in [0, 0.1) is 0 Å². The summed E-state index contributed by atoms with van der Waals surface area (Å²) in [4.78, 5) is 29.3. The SMILES string of the molecule is O[Si](O)(O)O.[O]=[Ta]. The Labute approximate surface area is 53.0 Å². The molecule has 0 saturated heterocycles. The van der Waals surface area contributed by atoms with E-state index in [1.807, 2.05) is 0 Å². The first-order chi connectivity index (χ1) is 3.00. The van der Waals surface area contributed by atoms with Crippen molar-refractivity contribution >= 4 is 9.05 Å². The molecular formula is H4O5SiTa. The molecule has 0 rings (SSSR count). The second-order valence-electron chi connectivity index (χ2n) is 0.600. The van der Waals surface area contributed by atoms with Gasteiger partial charge in [-0.15, -0.1) is 0 Å². The van der Waals surface area contributed by atoms with Crippen molar-refractivity contribution in [2.75, 3.05) is 0 Å². The molecule has 5 nitrogen and oxygen atoms in total. The fourth-order valence-electron chi connectivity index (χ4n) is 0. The molecule has 0 spiro atoms. The Kier molecular flexibility index (Phi) is 7.16. The van der Waals surface area contributed by atoms with Crippen LogP contribution in [0.3, 0.4) is 0 Å². The Balaban J connectivity index is 0. The quantitative estimate of drug-likeness (QED) is 0.364. The third kappa shape index (κ3) is 391. The van der Waals surface area contributed by atoms with Crippen molar-refractivity contribution in [3.63, 3.8) is 0 Å². The van der Waals surface area contributed by atoms with E-state index < -0.39 is 9.05 Å². The minimum atomic E-state index is -4.61. The summed E-state index contributed by atoms with van der Waals surface area (Å²) in [7, 11) is -4.61. The first-order valence-electron chi connectivity index (χ1n) is 1.08. The van der Waals surface area contributed by atoms with Gasteiger partial charge in [-0.1, -0.05) is 0 Å². The van der Waals surface area contributed by atoms with Crippen molar-refractivity contribution in [2.45, 2.75) is 0 Å². The van der Waals surface area contributed by atoms with Gasteiger partial charge in [0.15, 0.2) is 0 Å². The molecule has 7 heteroatoms. The summed E-state index contributed by atoms with van der Waals surface area (Å²) in [6.07, 6.45) is 0. The molecule has 7 heavy (non-hydrogen) atoms. The molecule has 0 amide bonds. The molecule has 0 aromatic carbocycles. The Morgan fingerprint density at radius 2 is 1.00 bits per heavy atom. The van der Waals surface area contributed by atoms with Crippen LogP contribution in [0.1, 0.15) is 0 Å². The van der Waals surface area contributed by atoms with Gasteiger partial charge in [-0.25, -0.2) is 0 Å². The topological polar surface area (TPSA) is 98.0 Å². The molecule has 0 bridgehead atoms. The summed E-state index contributed by atoms with van der Waals surface area (Å²) >= 11 is 0.194. The monoisotopic (exact) mass is 293 g/mol. The van der Waals surface area contributed by atoms with Gasteiger partial charge in [-0.2, -0.15) is 0 Å². The fourth-order valence-corrected chi connectivity index (χ4v) is 0. The van der Waals surface area contributed by atoms with E-state index in [1.54, 1.807) is 0 Å². The molecule has 0 atom stereocenters. The van der Waals surface area contributed by atoms with Gasteiger partial charge in [-0.05, 0) is 0 Å². The van der Waals surface area contributed by atoms with E-state index in [0.29, 0.717) is 0 Å². The molecule has 0 radical (unpaired) electrons. The van der Waals surface area contributed by atoms with Gasteiger partial charge < -0.3 is 19.2 Å². The zero-order chi connectivity index (χ0) is 6.50. The molecule has 0 heterocycles. The maximum absolute atomic E-state index is 8.36. The van der Waals surface area contributed by atoms with Crippen molar-refractivity contribution in [3.05, 3.63) is 0 Å². The van der Waals surface area contributed by atoms with Gasteiger partial charge in [0.25, 0.3) is 0 Å². The van der Waals surface area contributed by atoms with E-state index in [1.165, 1.54) is 0 Å². The molecule has 0 saturated carbocycles. The van der Waals surface area contributed by atoms with Crippen LogP contribution in [0.4, 0.5) is 0 Å². The van der Waals surface area contributed by atoms with E-state index in [-0.39, 0.29) is 21.0 Å². The van der Waals surface area contributed by atoms with Gasteiger partial charge in [0, 0.05) is 0 Å². The zero-order valence-corrected chi connectivity index (χ0v) is 7.36. The summed E-state index contributed by atoms with van der Waals surface area (Å²) in [6.45, 7) is 0. The van der Waals surface area contributed by atoms with Crippen molar-refractivity contribution in [3.8, 4) is 0 Å². The van der Waals surface area contributed by atoms with E-state index in [4.69, 9.17) is 22.4 Å². The zero-order valence-electron chi connectivity index (χ0n) is 3.14. The van der Waals surface area contributed by atoms with Crippen molar-refractivity contribution in [1.29, 1.82) is 0 Å². The van der Waals surface area contributed by atoms with Gasteiger partial charge >= 0.3 is 33.3 Å². The summed E-state index contributed by atoms with van der Waals surface area (Å²) in [5, 5.41) is 0. The van der Waals surface area contributed by atoms with Gasteiger partial charge in [0.05, 0.1) is 0 Å². The van der Waals surface area contributed by atoms with Crippen molar-refractivity contribution in [1.82, 2.24) is 0 Å². The van der Waals surface area contributed by atoms with E-state index in [9.17, 15) is 0 Å². The maximum atomic E-state index is 8.36. The minimum absolute atomic E-state index is 0.194. The van der Waals surface area contributed by atoms with Gasteiger partial charge in [0.1, 0.15) is 0 Å². The first-order valence-corrected chi connectivity index (χ1v) is 4.18. The summed E-state index contributed by atoms with van der Waals surface area (Å²) in [6, 6.07) is 0. The standard InChI is InChI=1S/H4O4Si.O.Ta/c1-5(2,3)4;;/h1-4H;;. The van der Waals surface area contributed by atoms with Gasteiger partial charge in [-0.3, -0.25) is 0 Å². The summed E-state index contributed by atoms with van der Waals surface area (Å²) in [5.74, 6) is 0. The predicted octanol–water partition coefficient (Wildman–Crippen LogP) is -2.73. The van der Waals surface area contributed by atoms with Gasteiger partial charge in [0.2, 0.25) is 0 Å². The van der Waals surface area contributed by atoms with Crippen LogP contribution in [-0.4, -0.2) is 28.2 Å². The van der Waals surface area contributed by atoms with Crippen LogP contribution in [0.5, 0.6) is 0 Å². The molecule has 0 aliphatic rings. The van der Waals surface area contributed by atoms with Crippen LogP contribution in [-0.2, 0) is 24.3 Å². The average molecular weight is 293 g/mol. The summed E-state index contributed by atoms with van der Waals surface area (Å²) in [5.41, 5.74) is 0. The first kappa shape index (κ1) is 10.6. The van der Waals surface area contributed by atoms with Crippen molar-refractivity contribution in [2.24, 2.45) is 0 Å². The molecule has 4 N–H and O–H groups in total.